The summed E-state index contributed by atoms with van der Waals surface area (Å²) in [6.07, 6.45) is 3.95. The van der Waals surface area contributed by atoms with Gasteiger partial charge >= 0.3 is 5.97 Å². The summed E-state index contributed by atoms with van der Waals surface area (Å²) in [5, 5.41) is 8.89. The van der Waals surface area contributed by atoms with Gasteiger partial charge in [-0.3, -0.25) is 4.79 Å². The Morgan fingerprint density at radius 2 is 2.13 bits per heavy atom. The standard InChI is InChI=1S/C11H18O4/c1-2-9-7-14-11(15-9)5-3-8(4-6-11)10(12)13/h8-9H,2-7H2,1H3,(H,12,13). The molecule has 15 heavy (non-hydrogen) atoms. The number of carbonyl (C=O) groups is 1. The zero-order chi connectivity index (χ0) is 10.9. The van der Waals surface area contributed by atoms with Crippen molar-refractivity contribution in [2.75, 3.05) is 6.61 Å². The molecule has 1 unspecified atom stereocenters. The number of hydrogen-bond acceptors (Lipinski definition) is 3. The van der Waals surface area contributed by atoms with Crippen LogP contribution in [0.3, 0.4) is 0 Å². The van der Waals surface area contributed by atoms with Crippen molar-refractivity contribution in [2.45, 2.75) is 50.9 Å². The molecule has 4 nitrogen and oxygen atoms in total. The molecule has 86 valence electrons. The van der Waals surface area contributed by atoms with Gasteiger partial charge in [-0.15, -0.1) is 0 Å². The van der Waals surface area contributed by atoms with Crippen molar-refractivity contribution in [1.29, 1.82) is 0 Å². The third kappa shape index (κ3) is 2.16. The van der Waals surface area contributed by atoms with E-state index in [0.29, 0.717) is 19.4 Å². The second kappa shape index (κ2) is 4.10. The summed E-state index contributed by atoms with van der Waals surface area (Å²) in [5.74, 6) is -1.34. The van der Waals surface area contributed by atoms with Crippen molar-refractivity contribution in [3.63, 3.8) is 0 Å². The minimum atomic E-state index is -0.685. The second-order valence-electron chi connectivity index (χ2n) is 4.48. The molecule has 2 rings (SSSR count). The first-order valence-corrected chi connectivity index (χ1v) is 5.70. The average molecular weight is 214 g/mol. The highest BCUT2D eigenvalue weighted by molar-refractivity contribution is 5.70. The van der Waals surface area contributed by atoms with E-state index in [1.54, 1.807) is 0 Å². The fourth-order valence-electron chi connectivity index (χ4n) is 2.38. The monoisotopic (exact) mass is 214 g/mol. The molecule has 1 saturated heterocycles. The van der Waals surface area contributed by atoms with E-state index >= 15 is 0 Å². The van der Waals surface area contributed by atoms with Crippen molar-refractivity contribution in [1.82, 2.24) is 0 Å². The van der Waals surface area contributed by atoms with Gasteiger partial charge in [0, 0.05) is 12.8 Å². The van der Waals surface area contributed by atoms with E-state index < -0.39 is 11.8 Å². The van der Waals surface area contributed by atoms with Crippen LogP contribution in [0.1, 0.15) is 39.0 Å². The van der Waals surface area contributed by atoms with E-state index in [2.05, 4.69) is 6.92 Å². The molecular formula is C11H18O4. The van der Waals surface area contributed by atoms with Gasteiger partial charge in [-0.2, -0.15) is 0 Å². The summed E-state index contributed by atoms with van der Waals surface area (Å²) >= 11 is 0. The molecule has 0 amide bonds. The lowest BCUT2D eigenvalue weighted by atomic mass is 9.85. The molecule has 1 heterocycles. The van der Waals surface area contributed by atoms with Gasteiger partial charge < -0.3 is 14.6 Å². The molecule has 1 saturated carbocycles. The maximum atomic E-state index is 10.8. The third-order valence-corrected chi connectivity index (χ3v) is 3.47. The number of ether oxygens (including phenoxy) is 2. The Hall–Kier alpha value is -0.610. The Morgan fingerprint density at radius 3 is 2.60 bits per heavy atom. The molecule has 1 spiro atoms. The smallest absolute Gasteiger partial charge is 0.306 e. The van der Waals surface area contributed by atoms with Crippen molar-refractivity contribution in [3.8, 4) is 0 Å². The van der Waals surface area contributed by atoms with Gasteiger partial charge in [-0.25, -0.2) is 0 Å². The maximum Gasteiger partial charge on any atom is 0.306 e. The summed E-state index contributed by atoms with van der Waals surface area (Å²) < 4.78 is 11.5. The van der Waals surface area contributed by atoms with E-state index in [1.165, 1.54) is 0 Å². The highest BCUT2D eigenvalue weighted by Gasteiger charge is 2.44. The number of rotatable bonds is 2. The number of carboxylic acid groups (broad SMARTS) is 1. The molecular weight excluding hydrogens is 196 g/mol. The summed E-state index contributed by atoms with van der Waals surface area (Å²) in [7, 11) is 0. The van der Waals surface area contributed by atoms with Gasteiger partial charge in [0.05, 0.1) is 18.6 Å². The van der Waals surface area contributed by atoms with E-state index in [1.807, 2.05) is 0 Å². The van der Waals surface area contributed by atoms with E-state index in [9.17, 15) is 4.79 Å². The molecule has 0 aromatic rings. The zero-order valence-corrected chi connectivity index (χ0v) is 9.07. The molecule has 1 atom stereocenters. The molecule has 1 N–H and O–H groups in total. The normalized spacial score (nSPS) is 40.9. The average Bonchev–Trinajstić information content (AvgIpc) is 2.62. The van der Waals surface area contributed by atoms with Crippen molar-refractivity contribution < 1.29 is 19.4 Å². The van der Waals surface area contributed by atoms with E-state index in [-0.39, 0.29) is 12.0 Å². The Morgan fingerprint density at radius 1 is 1.47 bits per heavy atom. The molecule has 1 aliphatic heterocycles. The van der Waals surface area contributed by atoms with Gasteiger partial charge in [0.15, 0.2) is 5.79 Å². The lowest BCUT2D eigenvalue weighted by Gasteiger charge is -2.34. The summed E-state index contributed by atoms with van der Waals surface area (Å²) in [5.41, 5.74) is 0. The number of carboxylic acids is 1. The second-order valence-corrected chi connectivity index (χ2v) is 4.48. The number of hydrogen-bond donors (Lipinski definition) is 1. The van der Waals surface area contributed by atoms with Crippen LogP contribution in [0, 0.1) is 5.92 Å². The summed E-state index contributed by atoms with van der Waals surface area (Å²) in [4.78, 5) is 10.8. The quantitative estimate of drug-likeness (QED) is 0.761. The lowest BCUT2D eigenvalue weighted by molar-refractivity contribution is -0.195. The molecule has 4 heteroatoms. The minimum Gasteiger partial charge on any atom is -0.481 e. The first kappa shape index (κ1) is 10.9. The highest BCUT2D eigenvalue weighted by Crippen LogP contribution is 2.40. The van der Waals surface area contributed by atoms with Crippen LogP contribution in [0.4, 0.5) is 0 Å². The molecule has 0 bridgehead atoms. The lowest BCUT2D eigenvalue weighted by Crippen LogP contribution is -2.37. The van der Waals surface area contributed by atoms with Gasteiger partial charge in [0.2, 0.25) is 0 Å². The van der Waals surface area contributed by atoms with Crippen LogP contribution in [0.2, 0.25) is 0 Å². The topological polar surface area (TPSA) is 55.8 Å². The van der Waals surface area contributed by atoms with Crippen LogP contribution in [-0.4, -0.2) is 29.6 Å². The Balaban J connectivity index is 1.90. The molecule has 2 aliphatic rings. The third-order valence-electron chi connectivity index (χ3n) is 3.47. The van der Waals surface area contributed by atoms with Crippen molar-refractivity contribution >= 4 is 5.97 Å². The molecule has 0 radical (unpaired) electrons. The van der Waals surface area contributed by atoms with Crippen LogP contribution in [0.5, 0.6) is 0 Å². The van der Waals surface area contributed by atoms with Gasteiger partial charge in [-0.05, 0) is 19.3 Å². The SMILES string of the molecule is CCC1COC2(CCC(C(=O)O)CC2)O1. The Kier molecular flexibility index (Phi) is 2.98. The molecule has 2 fully saturated rings. The van der Waals surface area contributed by atoms with Crippen molar-refractivity contribution in [3.05, 3.63) is 0 Å². The van der Waals surface area contributed by atoms with E-state index in [0.717, 1.165) is 19.3 Å². The molecule has 0 aromatic heterocycles. The predicted octanol–water partition coefficient (Wildman–Crippen LogP) is 1.78. The fourth-order valence-corrected chi connectivity index (χ4v) is 2.38. The van der Waals surface area contributed by atoms with Gasteiger partial charge in [0.1, 0.15) is 0 Å². The van der Waals surface area contributed by atoms with Gasteiger partial charge in [0.25, 0.3) is 0 Å². The highest BCUT2D eigenvalue weighted by atomic mass is 16.7. The Labute approximate surface area is 89.6 Å². The van der Waals surface area contributed by atoms with Gasteiger partial charge in [-0.1, -0.05) is 6.92 Å². The number of aliphatic carboxylic acids is 1. The minimum absolute atomic E-state index is 0.200. The zero-order valence-electron chi connectivity index (χ0n) is 9.07. The summed E-state index contributed by atoms with van der Waals surface area (Å²) in [6.45, 7) is 2.74. The van der Waals surface area contributed by atoms with E-state index in [4.69, 9.17) is 14.6 Å². The largest absolute Gasteiger partial charge is 0.481 e. The van der Waals surface area contributed by atoms with Crippen molar-refractivity contribution in [2.24, 2.45) is 5.92 Å². The first-order valence-electron chi connectivity index (χ1n) is 5.70. The fraction of sp³-hybridized carbons (Fsp3) is 0.909. The van der Waals surface area contributed by atoms with Crippen LogP contribution in [0.25, 0.3) is 0 Å². The predicted molar refractivity (Wildman–Crippen MR) is 53.4 cm³/mol. The maximum absolute atomic E-state index is 10.8. The molecule has 0 aromatic carbocycles. The first-order chi connectivity index (χ1) is 7.15. The molecule has 1 aliphatic carbocycles. The van der Waals surface area contributed by atoms with Crippen LogP contribution in [0.15, 0.2) is 0 Å². The summed E-state index contributed by atoms with van der Waals surface area (Å²) in [6, 6.07) is 0. The van der Waals surface area contributed by atoms with Crippen LogP contribution < -0.4 is 0 Å². The van der Waals surface area contributed by atoms with Crippen LogP contribution >= 0.6 is 0 Å². The van der Waals surface area contributed by atoms with Crippen LogP contribution in [-0.2, 0) is 14.3 Å². The Bertz CT molecular complexity index is 243.